The van der Waals surface area contributed by atoms with Crippen LogP contribution in [0.2, 0.25) is 0 Å². The van der Waals surface area contributed by atoms with Crippen molar-refractivity contribution in [3.8, 4) is 5.75 Å². The van der Waals surface area contributed by atoms with Crippen LogP contribution in [0.15, 0.2) is 30.3 Å². The second kappa shape index (κ2) is 9.85. The number of hydrogen-bond acceptors (Lipinski definition) is 3. The van der Waals surface area contributed by atoms with Crippen molar-refractivity contribution in [1.29, 1.82) is 0 Å². The Morgan fingerprint density at radius 3 is 2.38 bits per heavy atom. The Labute approximate surface area is 202 Å². The molecule has 2 bridgehead atoms. The lowest BCUT2D eigenvalue weighted by Crippen LogP contribution is -2.52. The lowest BCUT2D eigenvalue weighted by Gasteiger charge is -2.48. The predicted octanol–water partition coefficient (Wildman–Crippen LogP) is 6.73. The van der Waals surface area contributed by atoms with E-state index < -0.39 is 12.6 Å². The fourth-order valence-corrected chi connectivity index (χ4v) is 7.07. The molecule has 184 valence electrons. The van der Waals surface area contributed by atoms with E-state index in [4.69, 9.17) is 4.74 Å². The highest BCUT2D eigenvalue weighted by atomic mass is 19.1. The van der Waals surface area contributed by atoms with Gasteiger partial charge in [0.05, 0.1) is 12.0 Å². The van der Waals surface area contributed by atoms with E-state index >= 15 is 0 Å². The number of benzene rings is 2. The summed E-state index contributed by atoms with van der Waals surface area (Å²) in [6, 6.07) is 11.1. The van der Waals surface area contributed by atoms with Crippen LogP contribution in [0.3, 0.4) is 0 Å². The molecule has 0 amide bonds. The molecule has 5 atom stereocenters. The third-order valence-electron chi connectivity index (χ3n) is 8.56. The van der Waals surface area contributed by atoms with Crippen molar-refractivity contribution < 1.29 is 19.0 Å². The number of hydrogen-bond donors (Lipinski definition) is 1. The van der Waals surface area contributed by atoms with Gasteiger partial charge in [-0.3, -0.25) is 9.69 Å². The highest BCUT2D eigenvalue weighted by molar-refractivity contribution is 5.88. The van der Waals surface area contributed by atoms with Crippen LogP contribution >= 0.6 is 0 Å². The van der Waals surface area contributed by atoms with Crippen LogP contribution in [0.1, 0.15) is 76.3 Å². The van der Waals surface area contributed by atoms with Crippen molar-refractivity contribution in [3.63, 3.8) is 0 Å². The van der Waals surface area contributed by atoms with Crippen LogP contribution in [-0.2, 0) is 18.0 Å². The molecule has 0 spiro atoms. The molecule has 1 saturated carbocycles. The van der Waals surface area contributed by atoms with E-state index in [-0.39, 0.29) is 12.0 Å². The van der Waals surface area contributed by atoms with Gasteiger partial charge >= 0.3 is 5.97 Å². The molecule has 2 unspecified atom stereocenters. The Morgan fingerprint density at radius 1 is 1.03 bits per heavy atom. The summed E-state index contributed by atoms with van der Waals surface area (Å²) in [5.74, 6) is 1.13. The predicted molar refractivity (Wildman–Crippen MR) is 133 cm³/mol. The van der Waals surface area contributed by atoms with Crippen molar-refractivity contribution in [3.05, 3.63) is 41.5 Å². The Morgan fingerprint density at radius 2 is 1.74 bits per heavy atom. The molecule has 2 heterocycles. The van der Waals surface area contributed by atoms with Gasteiger partial charge < -0.3 is 9.84 Å². The summed E-state index contributed by atoms with van der Waals surface area (Å²) < 4.78 is 20.6. The molecule has 2 aromatic rings. The molecule has 2 saturated heterocycles. The maximum atomic E-state index is 14.2. The molecule has 1 aliphatic carbocycles. The van der Waals surface area contributed by atoms with Gasteiger partial charge in [0, 0.05) is 24.2 Å². The second-order valence-electron chi connectivity index (χ2n) is 11.3. The van der Waals surface area contributed by atoms with E-state index in [0.717, 1.165) is 55.8 Å². The van der Waals surface area contributed by atoms with Crippen molar-refractivity contribution in [2.24, 2.45) is 17.8 Å². The number of rotatable bonds is 6. The molecule has 1 N–H and O–H groups in total. The average molecular weight is 468 g/mol. The van der Waals surface area contributed by atoms with Gasteiger partial charge in [0.2, 0.25) is 0 Å². The Hall–Kier alpha value is -2.14. The van der Waals surface area contributed by atoms with E-state index in [1.807, 2.05) is 6.07 Å². The molecule has 5 heteroatoms. The molecule has 2 aromatic carbocycles. The van der Waals surface area contributed by atoms with E-state index in [1.165, 1.54) is 18.4 Å². The Bertz CT molecular complexity index is 1020. The van der Waals surface area contributed by atoms with Crippen LogP contribution in [0, 0.1) is 17.8 Å². The van der Waals surface area contributed by atoms with Gasteiger partial charge in [-0.05, 0) is 85.3 Å². The van der Waals surface area contributed by atoms with Gasteiger partial charge in [-0.2, -0.15) is 0 Å². The molecule has 3 aliphatic rings. The number of carboxylic acid groups (broad SMARTS) is 1. The number of nitrogens with zero attached hydrogens (tertiary/aromatic N) is 1. The van der Waals surface area contributed by atoms with Gasteiger partial charge in [-0.15, -0.1) is 0 Å². The Balaban J connectivity index is 1.35. The fourth-order valence-electron chi connectivity index (χ4n) is 7.07. The summed E-state index contributed by atoms with van der Waals surface area (Å²) in [7, 11) is 0. The van der Waals surface area contributed by atoms with Crippen LogP contribution in [-0.4, -0.2) is 34.2 Å². The zero-order chi connectivity index (χ0) is 23.8. The summed E-state index contributed by atoms with van der Waals surface area (Å²) in [5.41, 5.74) is 1.88. The fraction of sp³-hybridized carbons (Fsp3) is 0.621. The lowest BCUT2D eigenvalue weighted by atomic mass is 9.78. The molecular formula is C29H38FNO3. The maximum Gasteiger partial charge on any atom is 0.306 e. The Kier molecular flexibility index (Phi) is 6.83. The van der Waals surface area contributed by atoms with Gasteiger partial charge in [0.1, 0.15) is 12.4 Å². The molecular weight excluding hydrogens is 429 g/mol. The minimum atomic E-state index is -0.642. The number of piperidine rings is 2. The van der Waals surface area contributed by atoms with Crippen molar-refractivity contribution in [2.75, 3.05) is 0 Å². The number of carbonyl (C=O) groups is 1. The monoisotopic (exact) mass is 467 g/mol. The lowest BCUT2D eigenvalue weighted by molar-refractivity contribution is -0.146. The number of aliphatic carboxylic acids is 1. The first-order chi connectivity index (χ1) is 16.4. The van der Waals surface area contributed by atoms with Gasteiger partial charge in [0.25, 0.3) is 0 Å². The summed E-state index contributed by atoms with van der Waals surface area (Å²) in [4.78, 5) is 14.1. The van der Waals surface area contributed by atoms with Gasteiger partial charge in [-0.1, -0.05) is 38.5 Å². The largest absolute Gasteiger partial charge is 0.490 e. The smallest absolute Gasteiger partial charge is 0.306 e. The highest BCUT2D eigenvalue weighted by Gasteiger charge is 2.40. The normalized spacial score (nSPS) is 32.0. The average Bonchev–Trinajstić information content (AvgIpc) is 2.78. The van der Waals surface area contributed by atoms with E-state index in [1.54, 1.807) is 0 Å². The number of halogens is 1. The summed E-state index contributed by atoms with van der Waals surface area (Å²) in [6.45, 7) is 4.86. The number of alkyl halides is 1. The molecule has 2 aliphatic heterocycles. The van der Waals surface area contributed by atoms with Crippen LogP contribution in [0.5, 0.6) is 5.75 Å². The first kappa shape index (κ1) is 23.6. The minimum Gasteiger partial charge on any atom is -0.490 e. The number of ether oxygens (including phenoxy) is 1. The van der Waals surface area contributed by atoms with E-state index in [9.17, 15) is 14.3 Å². The molecule has 0 radical (unpaired) electrons. The standard InChI is InChI=1S/C29H38FNO3/c1-18-10-19(2)12-25(11-18)34-28-9-7-21-13-20(6-8-26(21)27(28)16-30)17-31-23-4-3-5-24(31)15-22(14-23)29(32)33/h6-9,13,18-19,22-25H,3-5,10-12,14-17H2,1-2H3,(H,32,33)/t18-,19+,22?,23?,24?,25+. The molecule has 5 rings (SSSR count). The van der Waals surface area contributed by atoms with Crippen molar-refractivity contribution >= 4 is 16.7 Å². The van der Waals surface area contributed by atoms with Gasteiger partial charge in [-0.25, -0.2) is 4.39 Å². The zero-order valence-electron chi connectivity index (χ0n) is 20.5. The van der Waals surface area contributed by atoms with E-state index in [2.05, 4.69) is 43.0 Å². The molecule has 3 fully saturated rings. The molecule has 4 nitrogen and oxygen atoms in total. The molecule has 34 heavy (non-hydrogen) atoms. The summed E-state index contributed by atoms with van der Waals surface area (Å²) >= 11 is 0. The second-order valence-corrected chi connectivity index (χ2v) is 11.3. The SMILES string of the molecule is C[C@@H]1C[C@H](C)C[C@@H](Oc2ccc3cc(CN4C5CCCC4CC(C(=O)O)C5)ccc3c2CF)C1. The van der Waals surface area contributed by atoms with Crippen molar-refractivity contribution in [1.82, 2.24) is 4.90 Å². The highest BCUT2D eigenvalue weighted by Crippen LogP contribution is 2.39. The molecule has 0 aromatic heterocycles. The third-order valence-corrected chi connectivity index (χ3v) is 8.56. The number of carboxylic acids is 1. The summed E-state index contributed by atoms with van der Waals surface area (Å²) in [6.07, 6.45) is 8.34. The van der Waals surface area contributed by atoms with Crippen LogP contribution in [0.25, 0.3) is 10.8 Å². The van der Waals surface area contributed by atoms with Crippen LogP contribution in [0.4, 0.5) is 4.39 Å². The maximum absolute atomic E-state index is 14.2. The van der Waals surface area contributed by atoms with E-state index in [0.29, 0.717) is 35.2 Å². The first-order valence-electron chi connectivity index (χ1n) is 13.2. The zero-order valence-corrected chi connectivity index (χ0v) is 20.5. The number of fused-ring (bicyclic) bond motifs is 3. The van der Waals surface area contributed by atoms with Crippen molar-refractivity contribution in [2.45, 2.75) is 96.6 Å². The third kappa shape index (κ3) is 4.82. The van der Waals surface area contributed by atoms with Gasteiger partial charge in [0.15, 0.2) is 0 Å². The van der Waals surface area contributed by atoms with Crippen LogP contribution < -0.4 is 4.74 Å². The quantitative estimate of drug-likeness (QED) is 0.512. The summed E-state index contributed by atoms with van der Waals surface area (Å²) in [5, 5.41) is 11.5. The first-order valence-corrected chi connectivity index (χ1v) is 13.2. The minimum absolute atomic E-state index is 0.161. The topological polar surface area (TPSA) is 49.8 Å².